The average Bonchev–Trinajstić information content (AvgIpc) is 2.87. The van der Waals surface area contributed by atoms with E-state index >= 15 is 0 Å². The van der Waals surface area contributed by atoms with Gasteiger partial charge >= 0.3 is 0 Å². The molecular weight excluding hydrogens is 440 g/mol. The number of hydrogen-bond donors (Lipinski definition) is 0. The molecule has 0 radical (unpaired) electrons. The zero-order chi connectivity index (χ0) is 25.5. The van der Waals surface area contributed by atoms with E-state index in [0.717, 1.165) is 48.3 Å². The van der Waals surface area contributed by atoms with Crippen molar-refractivity contribution in [3.8, 4) is 0 Å². The number of rotatable bonds is 15. The van der Waals surface area contributed by atoms with Gasteiger partial charge in [0.25, 0.3) is 0 Å². The standard InChI is InChI=1S/C29H42N2O4/c1-7-18-32-19-12-20-33-22-24(3)35-26(5)30-17-16-23(2)25(4)27-13-8-9-14-28(27)31(6)29-15-10-11-21-34-29/h7-9,13-14,16-17,24,29H,1-2,4,10-12,15,18-22H2,3,5-6H3/b17-16-,30-26?. The van der Waals surface area contributed by atoms with Gasteiger partial charge in [-0.1, -0.05) is 37.4 Å². The topological polar surface area (TPSA) is 52.5 Å². The minimum atomic E-state index is -0.0937. The lowest BCUT2D eigenvalue weighted by Crippen LogP contribution is -2.37. The first kappa shape index (κ1) is 28.6. The molecule has 2 rings (SSSR count). The van der Waals surface area contributed by atoms with E-state index in [-0.39, 0.29) is 12.3 Å². The Morgan fingerprint density at radius 1 is 1.23 bits per heavy atom. The number of nitrogens with zero attached hydrogens (tertiary/aromatic N) is 2. The molecule has 35 heavy (non-hydrogen) atoms. The van der Waals surface area contributed by atoms with Crippen LogP contribution in [0.3, 0.4) is 0 Å². The van der Waals surface area contributed by atoms with Crippen molar-refractivity contribution in [1.29, 1.82) is 0 Å². The van der Waals surface area contributed by atoms with E-state index < -0.39 is 0 Å². The third kappa shape index (κ3) is 10.2. The Hall–Kier alpha value is -2.67. The summed E-state index contributed by atoms with van der Waals surface area (Å²) in [6.45, 7) is 19.1. The van der Waals surface area contributed by atoms with Crippen molar-refractivity contribution < 1.29 is 18.9 Å². The molecule has 1 aliphatic rings. The molecule has 0 spiro atoms. The highest BCUT2D eigenvalue weighted by Gasteiger charge is 2.21. The summed E-state index contributed by atoms with van der Waals surface area (Å²) >= 11 is 0. The Bertz CT molecular complexity index is 871. The third-order valence-electron chi connectivity index (χ3n) is 5.65. The summed E-state index contributed by atoms with van der Waals surface area (Å²) in [6, 6.07) is 8.23. The number of para-hydroxylation sites is 1. The molecule has 0 aromatic heterocycles. The summed E-state index contributed by atoms with van der Waals surface area (Å²) in [6.07, 6.45) is 9.46. The van der Waals surface area contributed by atoms with Crippen LogP contribution in [0.25, 0.3) is 5.57 Å². The molecule has 1 aromatic rings. The van der Waals surface area contributed by atoms with E-state index in [1.165, 1.54) is 6.42 Å². The number of allylic oxidation sites excluding steroid dienone is 3. The van der Waals surface area contributed by atoms with E-state index in [4.69, 9.17) is 18.9 Å². The van der Waals surface area contributed by atoms with Crippen molar-refractivity contribution in [3.63, 3.8) is 0 Å². The first-order valence-corrected chi connectivity index (χ1v) is 12.4. The Morgan fingerprint density at radius 2 is 2.00 bits per heavy atom. The molecule has 0 amide bonds. The molecule has 0 N–H and O–H groups in total. The second-order valence-electron chi connectivity index (χ2n) is 8.64. The van der Waals surface area contributed by atoms with Crippen LogP contribution in [0, 0.1) is 0 Å². The van der Waals surface area contributed by atoms with Crippen LogP contribution in [-0.2, 0) is 18.9 Å². The third-order valence-corrected chi connectivity index (χ3v) is 5.65. The minimum absolute atomic E-state index is 0.0856. The fourth-order valence-electron chi connectivity index (χ4n) is 3.76. The lowest BCUT2D eigenvalue weighted by Gasteiger charge is -2.34. The van der Waals surface area contributed by atoms with Crippen LogP contribution >= 0.6 is 0 Å². The second-order valence-corrected chi connectivity index (χ2v) is 8.64. The van der Waals surface area contributed by atoms with Crippen LogP contribution < -0.4 is 4.90 Å². The van der Waals surface area contributed by atoms with Gasteiger partial charge in [0, 0.05) is 51.2 Å². The summed E-state index contributed by atoms with van der Waals surface area (Å²) in [5, 5.41) is 0. The average molecular weight is 483 g/mol. The van der Waals surface area contributed by atoms with Gasteiger partial charge < -0.3 is 23.8 Å². The quantitative estimate of drug-likeness (QED) is 0.0984. The van der Waals surface area contributed by atoms with Crippen molar-refractivity contribution >= 4 is 17.2 Å². The van der Waals surface area contributed by atoms with Crippen molar-refractivity contribution in [2.24, 2.45) is 4.99 Å². The molecule has 1 heterocycles. The largest absolute Gasteiger partial charge is 0.476 e. The molecule has 192 valence electrons. The van der Waals surface area contributed by atoms with Crippen LogP contribution in [0.1, 0.15) is 45.1 Å². The van der Waals surface area contributed by atoms with Crippen LogP contribution in [0.5, 0.6) is 0 Å². The van der Waals surface area contributed by atoms with Crippen molar-refractivity contribution in [2.75, 3.05) is 45.0 Å². The Morgan fingerprint density at radius 3 is 2.74 bits per heavy atom. The summed E-state index contributed by atoms with van der Waals surface area (Å²) in [5.74, 6) is 0.569. The van der Waals surface area contributed by atoms with Gasteiger partial charge in [-0.3, -0.25) is 0 Å². The SMILES string of the molecule is C=CCOCCCOCC(C)OC(C)=N/C=C\C(=C)C(=C)c1ccccc1N(C)C1CCCCO1. The molecule has 1 saturated heterocycles. The van der Waals surface area contributed by atoms with Crippen LogP contribution in [0.15, 0.2) is 72.9 Å². The van der Waals surface area contributed by atoms with E-state index in [2.05, 4.69) is 48.8 Å². The number of hydrogen-bond acceptors (Lipinski definition) is 6. The van der Waals surface area contributed by atoms with Crippen molar-refractivity contribution in [2.45, 2.75) is 51.9 Å². The van der Waals surface area contributed by atoms with Gasteiger partial charge in [-0.05, 0) is 55.9 Å². The Balaban J connectivity index is 1.84. The van der Waals surface area contributed by atoms with E-state index in [1.807, 2.05) is 32.1 Å². The van der Waals surface area contributed by atoms with Gasteiger partial charge in [0.05, 0.1) is 13.2 Å². The summed E-state index contributed by atoms with van der Waals surface area (Å²) in [7, 11) is 2.08. The van der Waals surface area contributed by atoms with Crippen molar-refractivity contribution in [3.05, 3.63) is 73.5 Å². The number of anilines is 1. The molecule has 0 bridgehead atoms. The molecular formula is C29H42N2O4. The molecule has 6 nitrogen and oxygen atoms in total. The summed E-state index contributed by atoms with van der Waals surface area (Å²) < 4.78 is 22.7. The number of aliphatic imine (C=N–C) groups is 1. The summed E-state index contributed by atoms with van der Waals surface area (Å²) in [4.78, 5) is 6.58. The first-order chi connectivity index (χ1) is 16.9. The van der Waals surface area contributed by atoms with Gasteiger partial charge in [0.2, 0.25) is 0 Å². The van der Waals surface area contributed by atoms with Gasteiger partial charge in [0.15, 0.2) is 5.90 Å². The summed E-state index contributed by atoms with van der Waals surface area (Å²) in [5.41, 5.74) is 3.77. The fraction of sp³-hybridized carbons (Fsp3) is 0.483. The maximum Gasteiger partial charge on any atom is 0.184 e. The Labute approximate surface area is 211 Å². The van der Waals surface area contributed by atoms with Gasteiger partial charge in [-0.25, -0.2) is 4.99 Å². The maximum absolute atomic E-state index is 5.97. The van der Waals surface area contributed by atoms with Gasteiger partial charge in [-0.2, -0.15) is 0 Å². The van der Waals surface area contributed by atoms with Crippen molar-refractivity contribution in [1.82, 2.24) is 0 Å². The molecule has 0 saturated carbocycles. The molecule has 2 unspecified atom stereocenters. The van der Waals surface area contributed by atoms with Gasteiger partial charge in [0.1, 0.15) is 12.3 Å². The molecule has 1 fully saturated rings. The van der Waals surface area contributed by atoms with E-state index in [0.29, 0.717) is 32.3 Å². The lowest BCUT2D eigenvalue weighted by atomic mass is 9.98. The monoisotopic (exact) mass is 482 g/mol. The first-order valence-electron chi connectivity index (χ1n) is 12.4. The Kier molecular flexibility index (Phi) is 13.1. The van der Waals surface area contributed by atoms with Gasteiger partial charge in [-0.15, -0.1) is 6.58 Å². The predicted octanol–water partition coefficient (Wildman–Crippen LogP) is 6.17. The molecule has 2 atom stereocenters. The van der Waals surface area contributed by atoms with E-state index in [1.54, 1.807) is 12.3 Å². The normalized spacial score (nSPS) is 17.2. The highest BCUT2D eigenvalue weighted by atomic mass is 16.5. The van der Waals surface area contributed by atoms with E-state index in [9.17, 15) is 0 Å². The van der Waals surface area contributed by atoms with Crippen LogP contribution in [0.2, 0.25) is 0 Å². The number of benzene rings is 1. The fourth-order valence-corrected chi connectivity index (χ4v) is 3.76. The number of ether oxygens (including phenoxy) is 4. The maximum atomic E-state index is 5.97. The van der Waals surface area contributed by atoms with Crippen LogP contribution in [-0.4, -0.2) is 58.3 Å². The van der Waals surface area contributed by atoms with Crippen LogP contribution in [0.4, 0.5) is 5.69 Å². The molecule has 6 heteroatoms. The molecule has 1 aliphatic heterocycles. The smallest absolute Gasteiger partial charge is 0.184 e. The molecule has 1 aromatic carbocycles. The predicted molar refractivity (Wildman–Crippen MR) is 146 cm³/mol. The molecule has 0 aliphatic carbocycles. The highest BCUT2D eigenvalue weighted by molar-refractivity contribution is 5.86. The second kappa shape index (κ2) is 16.1. The zero-order valence-corrected chi connectivity index (χ0v) is 21.7. The lowest BCUT2D eigenvalue weighted by molar-refractivity contribution is 0.0174. The minimum Gasteiger partial charge on any atom is -0.476 e. The highest BCUT2D eigenvalue weighted by Crippen LogP contribution is 2.32. The zero-order valence-electron chi connectivity index (χ0n) is 21.7.